The van der Waals surface area contributed by atoms with Crippen molar-refractivity contribution < 1.29 is 4.79 Å². The van der Waals surface area contributed by atoms with Crippen LogP contribution >= 0.6 is 0 Å². The maximum atomic E-state index is 12.4. The highest BCUT2D eigenvalue weighted by atomic mass is 16.2. The summed E-state index contributed by atoms with van der Waals surface area (Å²) in [4.78, 5) is 12.4. The van der Waals surface area contributed by atoms with Gasteiger partial charge in [0.15, 0.2) is 0 Å². The number of carbonyl (C=O) groups excluding carboxylic acids is 1. The molecule has 0 aromatic heterocycles. The number of fused-ring (bicyclic) bond motifs is 5. The molecule has 4 aliphatic rings. The molecule has 4 fully saturated rings. The van der Waals surface area contributed by atoms with Crippen LogP contribution in [0, 0.1) is 35.5 Å². The number of carbonyl (C=O) groups is 1. The van der Waals surface area contributed by atoms with Crippen LogP contribution in [0.1, 0.15) is 51.9 Å². The molecule has 2 heteroatoms. The largest absolute Gasteiger partial charge is 0.353 e. The maximum Gasteiger partial charge on any atom is 0.223 e. The summed E-state index contributed by atoms with van der Waals surface area (Å²) in [6, 6.07) is 0.493. The fourth-order valence-electron chi connectivity index (χ4n) is 5.38. The van der Waals surface area contributed by atoms with Crippen LogP contribution in [0.4, 0.5) is 0 Å². The molecule has 0 unspecified atom stereocenters. The first-order valence-corrected chi connectivity index (χ1v) is 8.04. The van der Waals surface area contributed by atoms with Gasteiger partial charge in [-0.05, 0) is 74.5 Å². The second kappa shape index (κ2) is 3.98. The maximum absolute atomic E-state index is 12.4. The molecule has 0 aromatic rings. The molecule has 0 heterocycles. The molecule has 4 rings (SSSR count). The van der Waals surface area contributed by atoms with Gasteiger partial charge in [0.2, 0.25) is 5.91 Å². The topological polar surface area (TPSA) is 29.1 Å². The second-order valence-electron chi connectivity index (χ2n) is 7.48. The van der Waals surface area contributed by atoms with E-state index in [1.807, 2.05) is 0 Å². The Morgan fingerprint density at radius 1 is 0.944 bits per heavy atom. The Morgan fingerprint density at radius 2 is 1.56 bits per heavy atom. The molecule has 2 nitrogen and oxygen atoms in total. The van der Waals surface area contributed by atoms with Gasteiger partial charge in [0.1, 0.15) is 0 Å². The third-order valence-corrected chi connectivity index (χ3v) is 6.40. The lowest BCUT2D eigenvalue weighted by Gasteiger charge is -2.27. The molecule has 0 aliphatic heterocycles. The predicted molar refractivity (Wildman–Crippen MR) is 70.9 cm³/mol. The minimum atomic E-state index is 0.418. The van der Waals surface area contributed by atoms with Gasteiger partial charge in [-0.1, -0.05) is 6.92 Å². The van der Waals surface area contributed by atoms with Crippen molar-refractivity contribution in [2.75, 3.05) is 0 Å². The summed E-state index contributed by atoms with van der Waals surface area (Å²) in [5.74, 6) is 5.15. The van der Waals surface area contributed by atoms with Crippen LogP contribution in [0.5, 0.6) is 0 Å². The van der Waals surface area contributed by atoms with Crippen molar-refractivity contribution in [3.8, 4) is 0 Å². The first-order valence-electron chi connectivity index (χ1n) is 8.04. The third kappa shape index (κ3) is 1.64. The lowest BCUT2D eigenvalue weighted by atomic mass is 9.87. The van der Waals surface area contributed by atoms with Gasteiger partial charge in [-0.15, -0.1) is 0 Å². The normalized spacial score (nSPS) is 53.1. The molecule has 18 heavy (non-hydrogen) atoms. The van der Waals surface area contributed by atoms with Gasteiger partial charge in [0, 0.05) is 12.0 Å². The third-order valence-electron chi connectivity index (χ3n) is 6.40. The van der Waals surface area contributed by atoms with Gasteiger partial charge < -0.3 is 5.32 Å². The van der Waals surface area contributed by atoms with Crippen molar-refractivity contribution in [1.29, 1.82) is 0 Å². The summed E-state index contributed by atoms with van der Waals surface area (Å²) in [7, 11) is 0. The van der Waals surface area contributed by atoms with Crippen LogP contribution in [-0.4, -0.2) is 11.9 Å². The molecule has 1 amide bonds. The molecule has 1 N–H and O–H groups in total. The van der Waals surface area contributed by atoms with Crippen LogP contribution in [-0.2, 0) is 4.79 Å². The van der Waals surface area contributed by atoms with Gasteiger partial charge in [-0.25, -0.2) is 0 Å². The van der Waals surface area contributed by atoms with Crippen molar-refractivity contribution >= 4 is 5.91 Å². The number of hydrogen-bond acceptors (Lipinski definition) is 1. The molecule has 4 atom stereocenters. The van der Waals surface area contributed by atoms with E-state index in [1.54, 1.807) is 0 Å². The van der Waals surface area contributed by atoms with E-state index in [9.17, 15) is 4.79 Å². The number of nitrogens with one attached hydrogen (secondary N) is 1. The van der Waals surface area contributed by atoms with E-state index in [-0.39, 0.29) is 0 Å². The van der Waals surface area contributed by atoms with E-state index in [1.165, 1.54) is 44.9 Å². The molecule has 4 saturated carbocycles. The standard InChI is InChI=1S/C16H25NO/c1-9-2-6-12(7-3-9)17-16(18)15-13-10-4-5-11(8-10)14(13)15/h9-15H,2-8H2,1H3,(H,17,18)/t9?,10-,11-,12?,13-,14-/m0/s1. The van der Waals surface area contributed by atoms with Gasteiger partial charge in [-0.3, -0.25) is 4.79 Å². The van der Waals surface area contributed by atoms with Crippen LogP contribution in [0.25, 0.3) is 0 Å². The van der Waals surface area contributed by atoms with Crippen molar-refractivity contribution in [2.24, 2.45) is 35.5 Å². The Kier molecular flexibility index (Phi) is 2.50. The quantitative estimate of drug-likeness (QED) is 0.798. The lowest BCUT2D eigenvalue weighted by molar-refractivity contribution is -0.124. The first-order chi connectivity index (χ1) is 8.74. The van der Waals surface area contributed by atoms with Crippen molar-refractivity contribution in [1.82, 2.24) is 5.32 Å². The van der Waals surface area contributed by atoms with Crippen molar-refractivity contribution in [3.05, 3.63) is 0 Å². The average Bonchev–Trinajstić information content (AvgIpc) is 2.82. The number of hydrogen-bond donors (Lipinski definition) is 1. The zero-order chi connectivity index (χ0) is 12.3. The number of amides is 1. The lowest BCUT2D eigenvalue weighted by Crippen LogP contribution is -2.39. The Labute approximate surface area is 110 Å². The molecule has 4 aliphatic carbocycles. The number of rotatable bonds is 2. The van der Waals surface area contributed by atoms with Crippen molar-refractivity contribution in [3.63, 3.8) is 0 Å². The monoisotopic (exact) mass is 247 g/mol. The summed E-state index contributed by atoms with van der Waals surface area (Å²) in [5, 5.41) is 3.36. The smallest absolute Gasteiger partial charge is 0.223 e. The summed E-state index contributed by atoms with van der Waals surface area (Å²) in [6.45, 7) is 2.33. The summed E-state index contributed by atoms with van der Waals surface area (Å²) in [6.07, 6.45) is 9.29. The Morgan fingerprint density at radius 3 is 2.17 bits per heavy atom. The molecule has 0 radical (unpaired) electrons. The highest BCUT2D eigenvalue weighted by Gasteiger charge is 2.67. The fraction of sp³-hybridized carbons (Fsp3) is 0.938. The van der Waals surface area contributed by atoms with E-state index < -0.39 is 0 Å². The van der Waals surface area contributed by atoms with Crippen LogP contribution in [0.3, 0.4) is 0 Å². The summed E-state index contributed by atoms with van der Waals surface area (Å²) in [5.41, 5.74) is 0. The minimum absolute atomic E-state index is 0.418. The summed E-state index contributed by atoms with van der Waals surface area (Å²) >= 11 is 0. The fourth-order valence-corrected chi connectivity index (χ4v) is 5.38. The molecule has 100 valence electrons. The second-order valence-corrected chi connectivity index (χ2v) is 7.48. The minimum Gasteiger partial charge on any atom is -0.353 e. The molecule has 0 aromatic carbocycles. The van der Waals surface area contributed by atoms with Crippen LogP contribution in [0.15, 0.2) is 0 Å². The van der Waals surface area contributed by atoms with Crippen LogP contribution in [0.2, 0.25) is 0 Å². The van der Waals surface area contributed by atoms with E-state index in [4.69, 9.17) is 0 Å². The van der Waals surface area contributed by atoms with Gasteiger partial charge in [-0.2, -0.15) is 0 Å². The highest BCUT2D eigenvalue weighted by Crippen LogP contribution is 2.69. The highest BCUT2D eigenvalue weighted by molar-refractivity contribution is 5.83. The predicted octanol–water partition coefficient (Wildman–Crippen LogP) is 2.97. The first kappa shape index (κ1) is 11.3. The van der Waals surface area contributed by atoms with E-state index in [0.29, 0.717) is 17.9 Å². The zero-order valence-electron chi connectivity index (χ0n) is 11.4. The SMILES string of the molecule is CC1CCC(NC(=O)C2[C@H]3[C@H]4CC[C@@H](C4)[C@H]23)CC1. The van der Waals surface area contributed by atoms with Gasteiger partial charge in [0.25, 0.3) is 0 Å². The van der Waals surface area contributed by atoms with E-state index >= 15 is 0 Å². The van der Waals surface area contributed by atoms with Crippen molar-refractivity contribution in [2.45, 2.75) is 57.9 Å². The Hall–Kier alpha value is -0.530. The summed E-state index contributed by atoms with van der Waals surface area (Å²) < 4.78 is 0. The van der Waals surface area contributed by atoms with Crippen LogP contribution < -0.4 is 5.32 Å². The van der Waals surface area contributed by atoms with Gasteiger partial charge >= 0.3 is 0 Å². The Bertz CT molecular complexity index is 342. The molecular formula is C16H25NO. The van der Waals surface area contributed by atoms with E-state index in [2.05, 4.69) is 12.2 Å². The van der Waals surface area contributed by atoms with Gasteiger partial charge in [0.05, 0.1) is 0 Å². The molecular weight excluding hydrogens is 222 g/mol. The zero-order valence-corrected chi connectivity index (χ0v) is 11.4. The molecule has 2 bridgehead atoms. The average molecular weight is 247 g/mol. The molecule has 0 saturated heterocycles. The molecule has 0 spiro atoms. The van der Waals surface area contributed by atoms with E-state index in [0.717, 1.165) is 29.6 Å². The Balaban J connectivity index is 1.33.